The number of pyridine rings is 1. The molecule has 0 radical (unpaired) electrons. The monoisotopic (exact) mass is 349 g/mol. The smallest absolute Gasteiger partial charge is 0.254 e. The number of nitrogens with two attached hydrogens (primary N) is 1. The summed E-state index contributed by atoms with van der Waals surface area (Å²) < 4.78 is 0. The molecule has 26 heavy (non-hydrogen) atoms. The molecule has 0 aliphatic carbocycles. The van der Waals surface area contributed by atoms with Gasteiger partial charge in [0.1, 0.15) is 0 Å². The van der Waals surface area contributed by atoms with Crippen molar-refractivity contribution in [3.8, 4) is 11.3 Å². The summed E-state index contributed by atoms with van der Waals surface area (Å²) in [4.78, 5) is 19.1. The van der Waals surface area contributed by atoms with Crippen molar-refractivity contribution in [3.05, 3.63) is 65.1 Å². The molecule has 6 heteroatoms. The third-order valence-electron chi connectivity index (χ3n) is 4.73. The molecule has 2 heterocycles. The Morgan fingerprint density at radius 2 is 2.00 bits per heavy atom. The number of aromatic nitrogens is 3. The molecule has 0 aliphatic rings. The Labute approximate surface area is 153 Å². The largest absolute Gasteiger partial charge is 0.397 e. The van der Waals surface area contributed by atoms with Gasteiger partial charge in [0, 0.05) is 35.6 Å². The third kappa shape index (κ3) is 3.18. The van der Waals surface area contributed by atoms with Crippen molar-refractivity contribution in [2.75, 3.05) is 12.8 Å². The van der Waals surface area contributed by atoms with Crippen molar-refractivity contribution in [3.63, 3.8) is 0 Å². The molecule has 3 aromatic rings. The van der Waals surface area contributed by atoms with Crippen LogP contribution < -0.4 is 5.73 Å². The fourth-order valence-corrected chi connectivity index (χ4v) is 3.21. The molecule has 2 aromatic heterocycles. The number of nitrogen functional groups attached to an aromatic ring is 1. The number of carbonyl (C=O) groups excluding carboxylic acids is 1. The maximum Gasteiger partial charge on any atom is 0.254 e. The molecule has 0 spiro atoms. The van der Waals surface area contributed by atoms with Crippen molar-refractivity contribution in [1.29, 1.82) is 0 Å². The summed E-state index contributed by atoms with van der Waals surface area (Å²) in [6, 6.07) is 10.9. The highest BCUT2D eigenvalue weighted by Crippen LogP contribution is 2.27. The third-order valence-corrected chi connectivity index (χ3v) is 4.73. The highest BCUT2D eigenvalue weighted by Gasteiger charge is 2.23. The van der Waals surface area contributed by atoms with Crippen LogP contribution in [0.15, 0.2) is 42.6 Å². The maximum atomic E-state index is 13.0. The molecule has 0 aliphatic heterocycles. The number of hydrogen-bond donors (Lipinski definition) is 2. The summed E-state index contributed by atoms with van der Waals surface area (Å²) in [5.41, 5.74) is 11.6. The molecule has 3 N–H and O–H groups in total. The van der Waals surface area contributed by atoms with Crippen LogP contribution in [-0.2, 0) is 0 Å². The van der Waals surface area contributed by atoms with E-state index in [2.05, 4.69) is 15.2 Å². The van der Waals surface area contributed by atoms with Crippen molar-refractivity contribution < 1.29 is 4.79 Å². The van der Waals surface area contributed by atoms with Gasteiger partial charge < -0.3 is 10.6 Å². The normalized spacial score (nSPS) is 12.0. The number of nitrogens with zero attached hydrogens (tertiary/aromatic N) is 3. The molecule has 1 amide bonds. The Morgan fingerprint density at radius 3 is 2.65 bits per heavy atom. The molecular weight excluding hydrogens is 326 g/mol. The minimum absolute atomic E-state index is 0.0612. The summed E-state index contributed by atoms with van der Waals surface area (Å²) in [6.45, 7) is 5.91. The van der Waals surface area contributed by atoms with E-state index in [1.807, 2.05) is 45.0 Å². The summed E-state index contributed by atoms with van der Waals surface area (Å²) in [5, 5.41) is 7.21. The fourth-order valence-electron chi connectivity index (χ4n) is 3.21. The lowest BCUT2D eigenvalue weighted by Crippen LogP contribution is -2.30. The second kappa shape index (κ2) is 7.00. The van der Waals surface area contributed by atoms with Crippen molar-refractivity contribution >= 4 is 11.6 Å². The average Bonchev–Trinajstić information content (AvgIpc) is 2.98. The standard InChI is InChI=1S/C20H23N5O/c1-12-18(13(2)24-23-12)14(3)25(4)20(26)16-8-5-7-15(11-16)19-17(21)9-6-10-22-19/h5-11,14H,21H2,1-4H3,(H,23,24). The molecule has 1 unspecified atom stereocenters. The molecule has 0 fully saturated rings. The zero-order valence-electron chi connectivity index (χ0n) is 15.4. The SMILES string of the molecule is Cc1n[nH]c(C)c1C(C)N(C)C(=O)c1cccc(-c2ncccc2N)c1. The average molecular weight is 349 g/mol. The Bertz CT molecular complexity index is 927. The van der Waals surface area contributed by atoms with Crippen LogP contribution in [0.5, 0.6) is 0 Å². The highest BCUT2D eigenvalue weighted by molar-refractivity contribution is 5.95. The molecule has 134 valence electrons. The highest BCUT2D eigenvalue weighted by atomic mass is 16.2. The van der Waals surface area contributed by atoms with Crippen LogP contribution in [0.4, 0.5) is 5.69 Å². The van der Waals surface area contributed by atoms with Gasteiger partial charge >= 0.3 is 0 Å². The van der Waals surface area contributed by atoms with Gasteiger partial charge in [0.15, 0.2) is 0 Å². The van der Waals surface area contributed by atoms with Crippen LogP contribution in [0.1, 0.15) is 40.3 Å². The number of amides is 1. The number of nitrogens with one attached hydrogen (secondary N) is 1. The second-order valence-corrected chi connectivity index (χ2v) is 6.46. The van der Waals surface area contributed by atoms with Crippen LogP contribution in [0, 0.1) is 13.8 Å². The van der Waals surface area contributed by atoms with Crippen LogP contribution in [0.25, 0.3) is 11.3 Å². The zero-order valence-corrected chi connectivity index (χ0v) is 15.4. The Balaban J connectivity index is 1.91. The van der Waals surface area contributed by atoms with Gasteiger partial charge in [0.2, 0.25) is 0 Å². The first-order valence-electron chi connectivity index (χ1n) is 8.49. The summed E-state index contributed by atoms with van der Waals surface area (Å²) in [6.07, 6.45) is 1.69. The van der Waals surface area contributed by atoms with Gasteiger partial charge in [-0.05, 0) is 45.0 Å². The number of aromatic amines is 1. The van der Waals surface area contributed by atoms with Crippen LogP contribution in [-0.4, -0.2) is 33.0 Å². The Hall–Kier alpha value is -3.15. The van der Waals surface area contributed by atoms with Crippen molar-refractivity contribution in [1.82, 2.24) is 20.1 Å². The van der Waals surface area contributed by atoms with E-state index >= 15 is 0 Å². The molecule has 0 saturated carbocycles. The lowest BCUT2D eigenvalue weighted by Gasteiger charge is -2.26. The number of H-pyrrole nitrogens is 1. The quantitative estimate of drug-likeness (QED) is 0.754. The van der Waals surface area contributed by atoms with E-state index < -0.39 is 0 Å². The van der Waals surface area contributed by atoms with Crippen molar-refractivity contribution in [2.45, 2.75) is 26.8 Å². The van der Waals surface area contributed by atoms with E-state index in [0.29, 0.717) is 16.9 Å². The lowest BCUT2D eigenvalue weighted by atomic mass is 10.0. The number of anilines is 1. The van der Waals surface area contributed by atoms with E-state index in [0.717, 1.165) is 22.5 Å². The van der Waals surface area contributed by atoms with Gasteiger partial charge in [-0.3, -0.25) is 14.9 Å². The zero-order chi connectivity index (χ0) is 18.8. The molecule has 0 saturated heterocycles. The van der Waals surface area contributed by atoms with Crippen molar-refractivity contribution in [2.24, 2.45) is 0 Å². The molecular formula is C20H23N5O. The fraction of sp³-hybridized carbons (Fsp3) is 0.250. The first kappa shape index (κ1) is 17.7. The van der Waals surface area contributed by atoms with Crippen LogP contribution >= 0.6 is 0 Å². The lowest BCUT2D eigenvalue weighted by molar-refractivity contribution is 0.0742. The molecule has 0 bridgehead atoms. The second-order valence-electron chi connectivity index (χ2n) is 6.46. The first-order chi connectivity index (χ1) is 12.4. The van der Waals surface area contributed by atoms with Gasteiger partial charge in [0.05, 0.1) is 23.1 Å². The topological polar surface area (TPSA) is 87.9 Å². The number of aryl methyl sites for hydroxylation is 2. The number of hydrogen-bond acceptors (Lipinski definition) is 4. The van der Waals surface area contributed by atoms with Gasteiger partial charge in [-0.15, -0.1) is 0 Å². The van der Waals surface area contributed by atoms with Crippen LogP contribution in [0.2, 0.25) is 0 Å². The molecule has 1 aromatic carbocycles. The minimum Gasteiger partial charge on any atom is -0.397 e. The molecule has 3 rings (SSSR count). The number of benzene rings is 1. The maximum absolute atomic E-state index is 13.0. The molecule has 6 nitrogen and oxygen atoms in total. The molecule has 1 atom stereocenters. The van der Waals surface area contributed by atoms with E-state index in [1.165, 1.54) is 0 Å². The number of rotatable bonds is 4. The minimum atomic E-state index is -0.0928. The van der Waals surface area contributed by atoms with E-state index in [9.17, 15) is 4.79 Å². The predicted octanol–water partition coefficient (Wildman–Crippen LogP) is 3.50. The van der Waals surface area contributed by atoms with Gasteiger partial charge in [-0.2, -0.15) is 5.10 Å². The van der Waals surface area contributed by atoms with E-state index in [1.54, 1.807) is 30.3 Å². The summed E-state index contributed by atoms with van der Waals surface area (Å²) in [7, 11) is 1.81. The van der Waals surface area contributed by atoms with Gasteiger partial charge in [-0.25, -0.2) is 0 Å². The Kier molecular flexibility index (Phi) is 4.75. The van der Waals surface area contributed by atoms with E-state index in [-0.39, 0.29) is 11.9 Å². The van der Waals surface area contributed by atoms with Gasteiger partial charge in [0.25, 0.3) is 5.91 Å². The van der Waals surface area contributed by atoms with Gasteiger partial charge in [-0.1, -0.05) is 12.1 Å². The van der Waals surface area contributed by atoms with E-state index in [4.69, 9.17) is 5.73 Å². The number of carbonyl (C=O) groups is 1. The summed E-state index contributed by atoms with van der Waals surface area (Å²) >= 11 is 0. The van der Waals surface area contributed by atoms with Crippen LogP contribution in [0.3, 0.4) is 0 Å². The Morgan fingerprint density at radius 1 is 1.23 bits per heavy atom. The summed E-state index contributed by atoms with van der Waals surface area (Å²) in [5.74, 6) is -0.0612. The first-order valence-corrected chi connectivity index (χ1v) is 8.49. The predicted molar refractivity (Wildman–Crippen MR) is 103 cm³/mol.